The monoisotopic (exact) mass is 504 g/mol. The normalized spacial score (nSPS) is 36.3. The number of anilines is 1. The van der Waals surface area contributed by atoms with E-state index in [4.69, 9.17) is 0 Å². The van der Waals surface area contributed by atoms with Gasteiger partial charge in [-0.1, -0.05) is 0 Å². The molecule has 14 heteroatoms. The molecule has 5 rings (SSSR count). The minimum Gasteiger partial charge on any atom is -0.317 e. The van der Waals surface area contributed by atoms with Crippen LogP contribution in [0.15, 0.2) is 11.4 Å². The number of sulfonamides is 1. The molecule has 1 aromatic heterocycles. The Labute approximate surface area is 182 Å². The molecule has 1 heterocycles. The standard InChI is InChI=1S/C18H18F6N2O4S2/c19-15-4-14(5-16(20,7-15)9-17(21,6-14)8-15)13(28)26-12-10(1-2-31-12)11(27)3-25-32(29,30)18(22,23)24/h1-2,25H,3-9H2,(H,26,28). The summed E-state index contributed by atoms with van der Waals surface area (Å²) in [5, 5.41) is 3.56. The van der Waals surface area contributed by atoms with Gasteiger partial charge in [-0.15, -0.1) is 11.3 Å². The molecule has 4 fully saturated rings. The third-order valence-electron chi connectivity index (χ3n) is 6.27. The molecule has 2 N–H and O–H groups in total. The number of amides is 1. The lowest BCUT2D eigenvalue weighted by Gasteiger charge is -2.62. The van der Waals surface area contributed by atoms with Crippen LogP contribution in [0.5, 0.6) is 0 Å². The molecule has 4 saturated carbocycles. The van der Waals surface area contributed by atoms with Gasteiger partial charge in [0.1, 0.15) is 22.0 Å². The fourth-order valence-corrected chi connectivity index (χ4v) is 7.00. The predicted octanol–water partition coefficient (Wildman–Crippen LogP) is 3.80. The van der Waals surface area contributed by atoms with Gasteiger partial charge in [-0.05, 0) is 30.7 Å². The van der Waals surface area contributed by atoms with Gasteiger partial charge in [-0.25, -0.2) is 21.6 Å². The Hall–Kier alpha value is -1.67. The molecule has 0 spiro atoms. The molecular weight excluding hydrogens is 486 g/mol. The van der Waals surface area contributed by atoms with Crippen LogP contribution < -0.4 is 10.0 Å². The van der Waals surface area contributed by atoms with Gasteiger partial charge in [0.05, 0.1) is 17.5 Å². The zero-order chi connectivity index (χ0) is 23.8. The summed E-state index contributed by atoms with van der Waals surface area (Å²) in [4.78, 5) is 25.3. The topological polar surface area (TPSA) is 92.3 Å². The average Bonchev–Trinajstić information content (AvgIpc) is 3.02. The number of thiophene rings is 1. The van der Waals surface area contributed by atoms with E-state index in [1.54, 1.807) is 0 Å². The summed E-state index contributed by atoms with van der Waals surface area (Å²) in [6.07, 6.45) is -2.57. The number of carbonyl (C=O) groups is 2. The summed E-state index contributed by atoms with van der Waals surface area (Å²) in [6, 6.07) is 1.16. The van der Waals surface area contributed by atoms with Gasteiger partial charge >= 0.3 is 15.5 Å². The highest BCUT2D eigenvalue weighted by atomic mass is 32.2. The van der Waals surface area contributed by atoms with Crippen LogP contribution in [0.1, 0.15) is 48.9 Å². The average molecular weight is 504 g/mol. The first-order valence-electron chi connectivity index (χ1n) is 9.55. The van der Waals surface area contributed by atoms with Crippen molar-refractivity contribution < 1.29 is 44.3 Å². The summed E-state index contributed by atoms with van der Waals surface area (Å²) in [6.45, 7) is -1.22. The van der Waals surface area contributed by atoms with E-state index < -0.39 is 75.5 Å². The number of nitrogens with one attached hydrogen (secondary N) is 2. The largest absolute Gasteiger partial charge is 0.511 e. The van der Waals surface area contributed by atoms with E-state index in [1.807, 2.05) is 0 Å². The van der Waals surface area contributed by atoms with Crippen LogP contribution in [-0.4, -0.2) is 49.2 Å². The van der Waals surface area contributed by atoms with E-state index in [0.29, 0.717) is 0 Å². The smallest absolute Gasteiger partial charge is 0.317 e. The van der Waals surface area contributed by atoms with E-state index in [1.165, 1.54) is 5.38 Å². The molecule has 4 aliphatic carbocycles. The van der Waals surface area contributed by atoms with Crippen LogP contribution in [-0.2, 0) is 14.8 Å². The van der Waals surface area contributed by atoms with Gasteiger partial charge in [0.15, 0.2) is 5.78 Å². The molecule has 0 atom stereocenters. The van der Waals surface area contributed by atoms with Gasteiger partial charge in [0.25, 0.3) is 0 Å². The minimum absolute atomic E-state index is 0.129. The fraction of sp³-hybridized carbons (Fsp3) is 0.667. The van der Waals surface area contributed by atoms with E-state index in [2.05, 4.69) is 5.32 Å². The van der Waals surface area contributed by atoms with Crippen molar-refractivity contribution in [2.75, 3.05) is 11.9 Å². The molecule has 0 radical (unpaired) electrons. The van der Waals surface area contributed by atoms with Crippen LogP contribution in [0.3, 0.4) is 0 Å². The number of hydrogen-bond acceptors (Lipinski definition) is 5. The first kappa shape index (κ1) is 23.5. The number of alkyl halides is 6. The lowest BCUT2D eigenvalue weighted by Crippen LogP contribution is -2.67. The number of rotatable bonds is 6. The Morgan fingerprint density at radius 2 is 1.47 bits per heavy atom. The summed E-state index contributed by atoms with van der Waals surface area (Å²) in [7, 11) is -5.75. The highest BCUT2D eigenvalue weighted by Gasteiger charge is 2.72. The van der Waals surface area contributed by atoms with Crippen molar-refractivity contribution in [2.45, 2.75) is 61.0 Å². The number of hydrogen-bond donors (Lipinski definition) is 2. The quantitative estimate of drug-likeness (QED) is 0.456. The number of halogens is 6. The van der Waals surface area contributed by atoms with Gasteiger partial charge < -0.3 is 5.32 Å². The second kappa shape index (κ2) is 6.92. The summed E-state index contributed by atoms with van der Waals surface area (Å²) in [5.74, 6) is -1.94. The van der Waals surface area contributed by atoms with Gasteiger partial charge in [-0.3, -0.25) is 9.59 Å². The zero-order valence-electron chi connectivity index (χ0n) is 16.3. The van der Waals surface area contributed by atoms with Crippen molar-refractivity contribution in [1.82, 2.24) is 4.72 Å². The van der Waals surface area contributed by atoms with E-state index in [9.17, 15) is 31.2 Å². The molecule has 0 aliphatic heterocycles. The number of Topliss-reactive ketones (excluding diaryl/α,β-unsaturated/α-hetero) is 1. The second-order valence-corrected chi connectivity index (χ2v) is 11.8. The Balaban J connectivity index is 1.51. The van der Waals surface area contributed by atoms with Crippen molar-refractivity contribution in [3.8, 4) is 0 Å². The van der Waals surface area contributed by atoms with Crippen LogP contribution in [0.25, 0.3) is 0 Å². The summed E-state index contributed by atoms with van der Waals surface area (Å²) in [5.41, 5.74) is -14.1. The van der Waals surface area contributed by atoms with Gasteiger partial charge in [0, 0.05) is 19.3 Å². The van der Waals surface area contributed by atoms with Crippen molar-refractivity contribution in [2.24, 2.45) is 5.41 Å². The highest BCUT2D eigenvalue weighted by Crippen LogP contribution is 2.68. The lowest BCUT2D eigenvalue weighted by atomic mass is 9.46. The van der Waals surface area contributed by atoms with E-state index in [0.717, 1.165) is 22.1 Å². The molecule has 1 amide bonds. The Morgan fingerprint density at radius 3 is 1.94 bits per heavy atom. The lowest BCUT2D eigenvalue weighted by molar-refractivity contribution is -0.214. The fourth-order valence-electron chi connectivity index (χ4n) is 5.71. The van der Waals surface area contributed by atoms with Crippen molar-refractivity contribution >= 4 is 38.1 Å². The van der Waals surface area contributed by atoms with Crippen molar-refractivity contribution in [1.29, 1.82) is 0 Å². The van der Waals surface area contributed by atoms with Crippen LogP contribution in [0.2, 0.25) is 0 Å². The first-order chi connectivity index (χ1) is 14.5. The van der Waals surface area contributed by atoms with Crippen molar-refractivity contribution in [3.63, 3.8) is 0 Å². The summed E-state index contributed by atoms with van der Waals surface area (Å²) < 4.78 is 106. The van der Waals surface area contributed by atoms with E-state index >= 15 is 13.2 Å². The van der Waals surface area contributed by atoms with Crippen molar-refractivity contribution in [3.05, 3.63) is 17.0 Å². The number of ketones is 1. The Bertz CT molecular complexity index is 1030. The molecule has 0 unspecified atom stereocenters. The third-order valence-corrected chi connectivity index (χ3v) is 8.23. The molecule has 0 saturated heterocycles. The molecular formula is C18H18F6N2O4S2. The Kier molecular flexibility index (Phi) is 5.08. The highest BCUT2D eigenvalue weighted by molar-refractivity contribution is 7.90. The molecule has 178 valence electrons. The maximum atomic E-state index is 15.1. The molecule has 6 nitrogen and oxygen atoms in total. The first-order valence-corrected chi connectivity index (χ1v) is 11.9. The Morgan fingerprint density at radius 1 is 0.969 bits per heavy atom. The minimum atomic E-state index is -5.75. The molecule has 32 heavy (non-hydrogen) atoms. The molecule has 4 aliphatic rings. The summed E-state index contributed by atoms with van der Waals surface area (Å²) >= 11 is 0.813. The molecule has 1 aromatic rings. The maximum absolute atomic E-state index is 15.1. The van der Waals surface area contributed by atoms with Crippen LogP contribution in [0.4, 0.5) is 31.3 Å². The molecule has 0 aromatic carbocycles. The van der Waals surface area contributed by atoms with Crippen LogP contribution >= 0.6 is 11.3 Å². The van der Waals surface area contributed by atoms with E-state index in [-0.39, 0.29) is 29.8 Å². The maximum Gasteiger partial charge on any atom is 0.511 e. The predicted molar refractivity (Wildman–Crippen MR) is 102 cm³/mol. The van der Waals surface area contributed by atoms with Gasteiger partial charge in [-0.2, -0.15) is 17.9 Å². The number of carbonyl (C=O) groups excluding carboxylic acids is 2. The molecule has 4 bridgehead atoms. The third kappa shape index (κ3) is 3.94. The second-order valence-electron chi connectivity index (χ2n) is 9.10. The zero-order valence-corrected chi connectivity index (χ0v) is 18.0. The van der Waals surface area contributed by atoms with Crippen LogP contribution in [0, 0.1) is 5.41 Å². The van der Waals surface area contributed by atoms with Gasteiger partial charge in [0.2, 0.25) is 5.91 Å². The SMILES string of the molecule is O=C(CNS(=O)(=O)C(F)(F)F)c1ccsc1NC(=O)C12CC3(F)CC(F)(CC(F)(C3)C1)C2.